The molecule has 0 fully saturated rings. The molecular formula is C26H25F3N6O. The molecule has 5 rings (SSSR count). The van der Waals surface area contributed by atoms with E-state index in [1.807, 2.05) is 17.8 Å². The van der Waals surface area contributed by atoms with Crippen LogP contribution >= 0.6 is 0 Å². The zero-order valence-electron chi connectivity index (χ0n) is 20.1. The number of nitrogens with zero attached hydrogens (tertiary/aromatic N) is 5. The summed E-state index contributed by atoms with van der Waals surface area (Å²) in [5, 5.41) is 13.5. The fraction of sp³-hybridized carbons (Fsp3) is 0.269. The summed E-state index contributed by atoms with van der Waals surface area (Å²) < 4.78 is 44.5. The summed E-state index contributed by atoms with van der Waals surface area (Å²) in [6, 6.07) is 10.3. The molecule has 10 heteroatoms. The quantitative estimate of drug-likeness (QED) is 0.345. The minimum Gasteiger partial charge on any atom is -0.348 e. The number of hydrogen-bond acceptors (Lipinski definition) is 3. The molecule has 2 aromatic carbocycles. The zero-order valence-corrected chi connectivity index (χ0v) is 20.1. The third kappa shape index (κ3) is 4.12. The molecule has 0 saturated carbocycles. The number of carbonyl (C=O) groups is 1. The van der Waals surface area contributed by atoms with Crippen molar-refractivity contribution in [1.82, 2.24) is 29.4 Å². The number of nitrogens with one attached hydrogen (secondary N) is 1. The Balaban J connectivity index is 1.48. The van der Waals surface area contributed by atoms with Gasteiger partial charge in [-0.05, 0) is 55.8 Å². The third-order valence-corrected chi connectivity index (χ3v) is 6.34. The molecular weight excluding hydrogens is 469 g/mol. The number of amides is 1. The van der Waals surface area contributed by atoms with Crippen molar-refractivity contribution >= 4 is 27.8 Å². The molecule has 3 aromatic heterocycles. The van der Waals surface area contributed by atoms with Crippen molar-refractivity contribution < 1.29 is 18.0 Å². The van der Waals surface area contributed by atoms with Crippen LogP contribution in [0, 0.1) is 6.92 Å². The Labute approximate surface area is 205 Å². The maximum absolute atomic E-state index is 13.1. The molecule has 0 aliphatic rings. The van der Waals surface area contributed by atoms with Gasteiger partial charge in [0, 0.05) is 59.6 Å². The van der Waals surface area contributed by atoms with Crippen LogP contribution in [-0.4, -0.2) is 30.0 Å². The van der Waals surface area contributed by atoms with Gasteiger partial charge in [0.05, 0.1) is 17.3 Å². The summed E-state index contributed by atoms with van der Waals surface area (Å²) in [5.41, 5.74) is 3.66. The van der Waals surface area contributed by atoms with E-state index in [4.69, 9.17) is 0 Å². The van der Waals surface area contributed by atoms with E-state index in [0.717, 1.165) is 52.6 Å². The summed E-state index contributed by atoms with van der Waals surface area (Å²) >= 11 is 0. The standard InChI is InChI=1S/C26H25F3N6O/c1-4-11-34-16(2)18(14-31-34)13-30-25(36)17-5-10-23-21(12-17)22-15-33(3)32-24(22)35(23)20-8-6-19(7-9-20)26(27,28)29/h5-10,12,14-15H,4,11,13H2,1-3H3,(H,30,36). The van der Waals surface area contributed by atoms with Gasteiger partial charge >= 0.3 is 6.18 Å². The molecule has 7 nitrogen and oxygen atoms in total. The molecule has 0 bridgehead atoms. The highest BCUT2D eigenvalue weighted by atomic mass is 19.4. The van der Waals surface area contributed by atoms with Gasteiger partial charge in [-0.1, -0.05) is 6.92 Å². The molecule has 3 heterocycles. The van der Waals surface area contributed by atoms with Crippen molar-refractivity contribution in [1.29, 1.82) is 0 Å². The molecule has 5 aromatic rings. The Hall–Kier alpha value is -4.08. The monoisotopic (exact) mass is 494 g/mol. The third-order valence-electron chi connectivity index (χ3n) is 6.34. The molecule has 0 atom stereocenters. The Morgan fingerprint density at radius 2 is 1.83 bits per heavy atom. The zero-order chi connectivity index (χ0) is 25.6. The highest BCUT2D eigenvalue weighted by molar-refractivity contribution is 6.10. The Bertz CT molecular complexity index is 1570. The highest BCUT2D eigenvalue weighted by Gasteiger charge is 2.30. The van der Waals surface area contributed by atoms with Gasteiger partial charge in [0.2, 0.25) is 0 Å². The van der Waals surface area contributed by atoms with Gasteiger partial charge in [-0.15, -0.1) is 0 Å². The lowest BCUT2D eigenvalue weighted by Gasteiger charge is -2.10. The Kier molecular flexibility index (Phi) is 5.82. The van der Waals surface area contributed by atoms with Crippen LogP contribution in [0.1, 0.15) is 40.5 Å². The van der Waals surface area contributed by atoms with Gasteiger partial charge in [0.25, 0.3) is 5.91 Å². The van der Waals surface area contributed by atoms with E-state index >= 15 is 0 Å². The lowest BCUT2D eigenvalue weighted by molar-refractivity contribution is -0.137. The molecule has 1 N–H and O–H groups in total. The first kappa shape index (κ1) is 23.7. The summed E-state index contributed by atoms with van der Waals surface area (Å²) in [5.74, 6) is -0.223. The summed E-state index contributed by atoms with van der Waals surface area (Å²) in [4.78, 5) is 13.0. The fourth-order valence-corrected chi connectivity index (χ4v) is 4.47. The first-order chi connectivity index (χ1) is 17.2. The van der Waals surface area contributed by atoms with Gasteiger partial charge in [0.1, 0.15) is 0 Å². The summed E-state index contributed by atoms with van der Waals surface area (Å²) in [6.07, 6.45) is 0.180. The van der Waals surface area contributed by atoms with Gasteiger partial charge in [0.15, 0.2) is 5.65 Å². The summed E-state index contributed by atoms with van der Waals surface area (Å²) in [7, 11) is 1.78. The van der Waals surface area contributed by atoms with E-state index in [2.05, 4.69) is 22.4 Å². The second-order valence-corrected chi connectivity index (χ2v) is 8.81. The average molecular weight is 495 g/mol. The fourth-order valence-electron chi connectivity index (χ4n) is 4.47. The molecule has 0 unspecified atom stereocenters. The number of alkyl halides is 3. The van der Waals surface area contributed by atoms with E-state index in [9.17, 15) is 18.0 Å². The normalized spacial score (nSPS) is 12.1. The number of carbonyl (C=O) groups excluding carboxylic acids is 1. The predicted molar refractivity (Wildman–Crippen MR) is 131 cm³/mol. The van der Waals surface area contributed by atoms with Crippen molar-refractivity contribution in [2.45, 2.75) is 39.5 Å². The first-order valence-electron chi connectivity index (χ1n) is 11.6. The van der Waals surface area contributed by atoms with E-state index < -0.39 is 11.7 Å². The number of rotatable bonds is 6. The Morgan fingerprint density at radius 3 is 2.53 bits per heavy atom. The molecule has 0 aliphatic heterocycles. The number of aromatic nitrogens is 5. The van der Waals surface area contributed by atoms with Crippen LogP contribution in [0.5, 0.6) is 0 Å². The van der Waals surface area contributed by atoms with Crippen LogP contribution in [0.15, 0.2) is 54.9 Å². The van der Waals surface area contributed by atoms with Crippen LogP contribution in [0.25, 0.3) is 27.6 Å². The first-order valence-corrected chi connectivity index (χ1v) is 11.6. The highest BCUT2D eigenvalue weighted by Crippen LogP contribution is 2.34. The summed E-state index contributed by atoms with van der Waals surface area (Å²) in [6.45, 7) is 5.26. The van der Waals surface area contributed by atoms with Crippen LogP contribution in [0.3, 0.4) is 0 Å². The lowest BCUT2D eigenvalue weighted by Crippen LogP contribution is -2.23. The minimum atomic E-state index is -4.41. The number of hydrogen-bond donors (Lipinski definition) is 1. The van der Waals surface area contributed by atoms with Crippen molar-refractivity contribution in [3.8, 4) is 5.69 Å². The van der Waals surface area contributed by atoms with Crippen molar-refractivity contribution in [2.75, 3.05) is 0 Å². The SMILES string of the molecule is CCCn1ncc(CNC(=O)c2ccc3c(c2)c2cn(C)nc2n3-c2ccc(C(F)(F)F)cc2)c1C. The predicted octanol–water partition coefficient (Wildman–Crippen LogP) is 5.38. The molecule has 0 radical (unpaired) electrons. The van der Waals surface area contributed by atoms with Crippen molar-refractivity contribution in [2.24, 2.45) is 7.05 Å². The maximum Gasteiger partial charge on any atom is 0.416 e. The van der Waals surface area contributed by atoms with E-state index in [-0.39, 0.29) is 5.91 Å². The molecule has 0 aliphatic carbocycles. The molecule has 0 spiro atoms. The van der Waals surface area contributed by atoms with Gasteiger partial charge < -0.3 is 5.32 Å². The topological polar surface area (TPSA) is 69.7 Å². The van der Waals surface area contributed by atoms with Gasteiger partial charge in [-0.2, -0.15) is 23.4 Å². The van der Waals surface area contributed by atoms with Gasteiger partial charge in [-0.25, -0.2) is 0 Å². The second kappa shape index (κ2) is 8.85. The van der Waals surface area contributed by atoms with Crippen LogP contribution in [0.2, 0.25) is 0 Å². The van der Waals surface area contributed by atoms with Crippen LogP contribution < -0.4 is 5.32 Å². The molecule has 1 amide bonds. The van der Waals surface area contributed by atoms with Crippen LogP contribution in [0.4, 0.5) is 13.2 Å². The van der Waals surface area contributed by atoms with Crippen molar-refractivity contribution in [3.05, 3.63) is 77.2 Å². The molecule has 0 saturated heterocycles. The largest absolute Gasteiger partial charge is 0.416 e. The smallest absolute Gasteiger partial charge is 0.348 e. The van der Waals surface area contributed by atoms with Gasteiger partial charge in [-0.3, -0.25) is 18.7 Å². The van der Waals surface area contributed by atoms with Crippen LogP contribution in [-0.2, 0) is 26.3 Å². The van der Waals surface area contributed by atoms with E-state index in [0.29, 0.717) is 23.4 Å². The van der Waals surface area contributed by atoms with E-state index in [1.54, 1.807) is 40.7 Å². The number of benzene rings is 2. The number of fused-ring (bicyclic) bond motifs is 3. The molecule has 186 valence electrons. The Morgan fingerprint density at radius 1 is 1.08 bits per heavy atom. The van der Waals surface area contributed by atoms with Crippen molar-refractivity contribution in [3.63, 3.8) is 0 Å². The minimum absolute atomic E-state index is 0.223. The second-order valence-electron chi connectivity index (χ2n) is 8.81. The number of aryl methyl sites for hydroxylation is 2. The lowest BCUT2D eigenvalue weighted by atomic mass is 10.1. The molecule has 36 heavy (non-hydrogen) atoms. The number of halogens is 3. The van der Waals surface area contributed by atoms with E-state index in [1.165, 1.54) is 12.1 Å². The maximum atomic E-state index is 13.1. The average Bonchev–Trinajstić information content (AvgIpc) is 3.48.